The second kappa shape index (κ2) is 5.65. The maximum Gasteiger partial charge on any atom is 0.0536 e. The van der Waals surface area contributed by atoms with E-state index in [4.69, 9.17) is 0 Å². The molecule has 0 spiro atoms. The number of hydrogen-bond acceptors (Lipinski definition) is 3. The minimum Gasteiger partial charge on any atom is -0.311 e. The lowest BCUT2D eigenvalue weighted by molar-refractivity contribution is 0.0978. The molecule has 2 unspecified atom stereocenters. The van der Waals surface area contributed by atoms with E-state index in [0.29, 0.717) is 18.0 Å². The summed E-state index contributed by atoms with van der Waals surface area (Å²) in [7, 11) is 0. The summed E-state index contributed by atoms with van der Waals surface area (Å²) in [6, 6.07) is 3.24. The summed E-state index contributed by atoms with van der Waals surface area (Å²) in [4.78, 5) is 2.60. The molecule has 1 fully saturated rings. The van der Waals surface area contributed by atoms with E-state index in [9.17, 15) is 0 Å². The van der Waals surface area contributed by atoms with Crippen molar-refractivity contribution in [3.8, 4) is 0 Å². The van der Waals surface area contributed by atoms with E-state index in [1.165, 1.54) is 0 Å². The van der Waals surface area contributed by atoms with E-state index in [2.05, 4.69) is 36.1 Å². The first-order chi connectivity index (χ1) is 8.16. The van der Waals surface area contributed by atoms with Crippen LogP contribution < -0.4 is 5.32 Å². The molecule has 4 heteroatoms. The fourth-order valence-corrected chi connectivity index (χ4v) is 2.58. The highest BCUT2D eigenvalue weighted by Crippen LogP contribution is 2.14. The summed E-state index contributed by atoms with van der Waals surface area (Å²) in [6.07, 6.45) is 3.89. The van der Waals surface area contributed by atoms with Crippen LogP contribution in [0.25, 0.3) is 0 Å². The van der Waals surface area contributed by atoms with Crippen molar-refractivity contribution in [1.82, 2.24) is 20.0 Å². The van der Waals surface area contributed by atoms with Crippen molar-refractivity contribution >= 4 is 0 Å². The third kappa shape index (κ3) is 3.30. The van der Waals surface area contributed by atoms with E-state index in [0.717, 1.165) is 26.2 Å². The topological polar surface area (TPSA) is 33.1 Å². The molecule has 1 aliphatic rings. The molecule has 0 amide bonds. The van der Waals surface area contributed by atoms with Crippen LogP contribution in [0.3, 0.4) is 0 Å². The Morgan fingerprint density at radius 3 is 2.88 bits per heavy atom. The average molecular weight is 236 g/mol. The Morgan fingerprint density at radius 2 is 2.24 bits per heavy atom. The van der Waals surface area contributed by atoms with Crippen LogP contribution in [-0.2, 0) is 6.54 Å². The van der Waals surface area contributed by atoms with Crippen molar-refractivity contribution in [2.45, 2.75) is 39.4 Å². The molecule has 0 aromatic carbocycles. The third-order valence-electron chi connectivity index (χ3n) is 3.60. The normalized spacial score (nSPS) is 26.6. The lowest BCUT2D eigenvalue weighted by Crippen LogP contribution is -2.57. The Labute approximate surface area is 104 Å². The van der Waals surface area contributed by atoms with Gasteiger partial charge in [-0.2, -0.15) is 5.10 Å². The zero-order chi connectivity index (χ0) is 12.3. The Hall–Kier alpha value is -0.870. The maximum atomic E-state index is 4.26. The van der Waals surface area contributed by atoms with Gasteiger partial charge in [0.1, 0.15) is 0 Å². The molecule has 4 nitrogen and oxygen atoms in total. The number of rotatable bonds is 4. The molecule has 17 heavy (non-hydrogen) atoms. The lowest BCUT2D eigenvalue weighted by atomic mass is 9.99. The SMILES string of the molecule is CC1CN(CCn2cccn2)C(C(C)C)CN1. The molecule has 0 saturated carbocycles. The predicted octanol–water partition coefficient (Wildman–Crippen LogP) is 1.20. The molecule has 0 radical (unpaired) electrons. The Bertz CT molecular complexity index is 320. The van der Waals surface area contributed by atoms with Crippen LogP contribution in [0, 0.1) is 5.92 Å². The Kier molecular flexibility index (Phi) is 4.18. The Morgan fingerprint density at radius 1 is 1.41 bits per heavy atom. The van der Waals surface area contributed by atoms with Gasteiger partial charge in [0.05, 0.1) is 6.54 Å². The van der Waals surface area contributed by atoms with E-state index >= 15 is 0 Å². The number of piperazine rings is 1. The molecule has 1 aromatic heterocycles. The number of nitrogens with one attached hydrogen (secondary N) is 1. The molecule has 1 N–H and O–H groups in total. The first-order valence-corrected chi connectivity index (χ1v) is 6.61. The molecule has 2 rings (SSSR count). The van der Waals surface area contributed by atoms with Gasteiger partial charge in [-0.3, -0.25) is 9.58 Å². The molecule has 0 bridgehead atoms. The molecular weight excluding hydrogens is 212 g/mol. The summed E-state index contributed by atoms with van der Waals surface area (Å²) in [5.74, 6) is 0.702. The zero-order valence-corrected chi connectivity index (χ0v) is 11.1. The highest BCUT2D eigenvalue weighted by Gasteiger charge is 2.27. The zero-order valence-electron chi connectivity index (χ0n) is 11.1. The van der Waals surface area contributed by atoms with E-state index in [1.54, 1.807) is 0 Å². The van der Waals surface area contributed by atoms with Gasteiger partial charge in [-0.15, -0.1) is 0 Å². The highest BCUT2D eigenvalue weighted by molar-refractivity contribution is 4.86. The minimum absolute atomic E-state index is 0.600. The maximum absolute atomic E-state index is 4.26. The fraction of sp³-hybridized carbons (Fsp3) is 0.769. The Balaban J connectivity index is 1.90. The third-order valence-corrected chi connectivity index (χ3v) is 3.60. The van der Waals surface area contributed by atoms with Gasteiger partial charge < -0.3 is 5.32 Å². The van der Waals surface area contributed by atoms with Gasteiger partial charge in [0, 0.05) is 44.1 Å². The predicted molar refractivity (Wildman–Crippen MR) is 69.9 cm³/mol. The van der Waals surface area contributed by atoms with Crippen molar-refractivity contribution in [3.63, 3.8) is 0 Å². The second-order valence-electron chi connectivity index (χ2n) is 5.38. The van der Waals surface area contributed by atoms with Crippen LogP contribution in [0.2, 0.25) is 0 Å². The lowest BCUT2D eigenvalue weighted by Gasteiger charge is -2.41. The monoisotopic (exact) mass is 236 g/mol. The van der Waals surface area contributed by atoms with E-state index in [-0.39, 0.29) is 0 Å². The van der Waals surface area contributed by atoms with Gasteiger partial charge >= 0.3 is 0 Å². The first kappa shape index (κ1) is 12.6. The van der Waals surface area contributed by atoms with Crippen molar-refractivity contribution < 1.29 is 0 Å². The molecule has 0 aliphatic carbocycles. The molecule has 1 saturated heterocycles. The molecular formula is C13H24N4. The van der Waals surface area contributed by atoms with Crippen molar-refractivity contribution in [2.75, 3.05) is 19.6 Å². The van der Waals surface area contributed by atoms with Crippen LogP contribution >= 0.6 is 0 Å². The average Bonchev–Trinajstić information content (AvgIpc) is 2.78. The van der Waals surface area contributed by atoms with Gasteiger partial charge in [0.2, 0.25) is 0 Å². The first-order valence-electron chi connectivity index (χ1n) is 6.61. The van der Waals surface area contributed by atoms with Crippen LogP contribution in [0.4, 0.5) is 0 Å². The summed E-state index contributed by atoms with van der Waals surface area (Å²) in [5.41, 5.74) is 0. The van der Waals surface area contributed by atoms with Crippen LogP contribution in [-0.4, -0.2) is 46.4 Å². The smallest absolute Gasteiger partial charge is 0.0536 e. The number of hydrogen-bond donors (Lipinski definition) is 1. The summed E-state index contributed by atoms with van der Waals surface area (Å²) in [5, 5.41) is 7.84. The van der Waals surface area contributed by atoms with Gasteiger partial charge in [-0.05, 0) is 18.9 Å². The van der Waals surface area contributed by atoms with Crippen LogP contribution in [0.1, 0.15) is 20.8 Å². The highest BCUT2D eigenvalue weighted by atomic mass is 15.3. The summed E-state index contributed by atoms with van der Waals surface area (Å²) in [6.45, 7) is 11.2. The van der Waals surface area contributed by atoms with Crippen molar-refractivity contribution in [1.29, 1.82) is 0 Å². The van der Waals surface area contributed by atoms with Crippen LogP contribution in [0.15, 0.2) is 18.5 Å². The van der Waals surface area contributed by atoms with E-state index < -0.39 is 0 Å². The molecule has 96 valence electrons. The van der Waals surface area contributed by atoms with Crippen molar-refractivity contribution in [2.24, 2.45) is 5.92 Å². The van der Waals surface area contributed by atoms with Gasteiger partial charge in [-0.25, -0.2) is 0 Å². The van der Waals surface area contributed by atoms with E-state index in [1.807, 2.05) is 23.1 Å². The molecule has 1 aliphatic heterocycles. The fourth-order valence-electron chi connectivity index (χ4n) is 2.58. The molecule has 2 heterocycles. The van der Waals surface area contributed by atoms with Gasteiger partial charge in [-0.1, -0.05) is 13.8 Å². The van der Waals surface area contributed by atoms with Crippen LogP contribution in [0.5, 0.6) is 0 Å². The molecule has 2 atom stereocenters. The van der Waals surface area contributed by atoms with Gasteiger partial charge in [0.25, 0.3) is 0 Å². The summed E-state index contributed by atoms with van der Waals surface area (Å²) >= 11 is 0. The number of aromatic nitrogens is 2. The minimum atomic E-state index is 0.600. The summed E-state index contributed by atoms with van der Waals surface area (Å²) < 4.78 is 2.02. The molecule has 1 aromatic rings. The van der Waals surface area contributed by atoms with Gasteiger partial charge in [0.15, 0.2) is 0 Å². The second-order valence-corrected chi connectivity index (χ2v) is 5.38. The van der Waals surface area contributed by atoms with Crippen molar-refractivity contribution in [3.05, 3.63) is 18.5 Å². The largest absolute Gasteiger partial charge is 0.311 e. The quantitative estimate of drug-likeness (QED) is 0.853. The number of nitrogens with zero attached hydrogens (tertiary/aromatic N) is 3. The standard InChI is InChI=1S/C13H24N4/c1-11(2)13-9-14-12(3)10-16(13)7-8-17-6-4-5-15-17/h4-6,11-14H,7-10H2,1-3H3.